The molecule has 3 aromatic carbocycles. The van der Waals surface area contributed by atoms with E-state index in [4.69, 9.17) is 0 Å². The third kappa shape index (κ3) is 106. The first-order chi connectivity index (χ1) is 20.0. The lowest BCUT2D eigenvalue weighted by Crippen LogP contribution is -1.93. The number of rotatable bonds is 1. The maximum Gasteiger partial charge on any atom is -0.0184 e. The van der Waals surface area contributed by atoms with Crippen LogP contribution in [0.4, 0.5) is 0 Å². The molecule has 0 spiro atoms. The Morgan fingerprint density at radius 3 is 0.432 bits per heavy atom. The van der Waals surface area contributed by atoms with Crippen LogP contribution >= 0.6 is 0 Å². The first kappa shape index (κ1) is 54.2. The summed E-state index contributed by atoms with van der Waals surface area (Å²) in [6.07, 6.45) is 0. The Morgan fingerprint density at radius 1 is 0.227 bits per heavy atom. The topological polar surface area (TPSA) is 0 Å². The molecule has 0 unspecified atom stereocenters. The van der Waals surface area contributed by atoms with E-state index in [0.29, 0.717) is 21.7 Å². The zero-order valence-corrected chi connectivity index (χ0v) is 34.2. The monoisotopic (exact) mass is 611 g/mol. The molecule has 3 rings (SSSR count). The van der Waals surface area contributed by atoms with Gasteiger partial charge < -0.3 is 0 Å². The fraction of sp³-hybridized carbons (Fsp3) is 0.591. The summed E-state index contributed by atoms with van der Waals surface area (Å²) in [4.78, 5) is 0. The molecule has 0 amide bonds. The summed E-state index contributed by atoms with van der Waals surface area (Å²) in [6, 6.07) is 32.8. The Balaban J connectivity index is -0.0000000994. The molecular weight excluding hydrogens is 528 g/mol. The van der Waals surface area contributed by atoms with Gasteiger partial charge in [0.2, 0.25) is 0 Å². The van der Waals surface area contributed by atoms with E-state index in [2.05, 4.69) is 159 Å². The summed E-state index contributed by atoms with van der Waals surface area (Å²) < 4.78 is 0. The van der Waals surface area contributed by atoms with Gasteiger partial charge in [-0.2, -0.15) is 0 Å². The molecule has 3 aromatic rings. The van der Waals surface area contributed by atoms with Crippen molar-refractivity contribution in [2.24, 2.45) is 21.7 Å². The van der Waals surface area contributed by atoms with Crippen molar-refractivity contribution in [3.8, 4) is 11.1 Å². The van der Waals surface area contributed by atoms with E-state index in [1.54, 1.807) is 0 Å². The van der Waals surface area contributed by atoms with Crippen molar-refractivity contribution >= 4 is 0 Å². The second kappa shape index (κ2) is 33.6. The molecule has 44 heavy (non-hydrogen) atoms. The van der Waals surface area contributed by atoms with Crippen LogP contribution < -0.4 is 0 Å². The van der Waals surface area contributed by atoms with Gasteiger partial charge in [0.1, 0.15) is 0 Å². The Labute approximate surface area is 281 Å². The van der Waals surface area contributed by atoms with Crippen LogP contribution in [0.3, 0.4) is 0 Å². The number of hydrogen-bond acceptors (Lipinski definition) is 0. The fourth-order valence-electron chi connectivity index (χ4n) is 1.65. The van der Waals surface area contributed by atoms with Gasteiger partial charge in [0, 0.05) is 0 Å². The standard InChI is InChI=1S/C12H10.C6H6.4C5H12.3C2H6/c1-3-7-11(8-4-1)12-9-5-2-6-10-12;1-2-4-6-5-3-1;4*1-5(2,3)4;3*1-2/h1-10H;1-6H;4*1-4H3;3*1-2H3. The summed E-state index contributed by atoms with van der Waals surface area (Å²) in [5.41, 5.74) is 4.55. The van der Waals surface area contributed by atoms with Crippen LogP contribution in [-0.2, 0) is 0 Å². The summed E-state index contributed by atoms with van der Waals surface area (Å²) in [6.45, 7) is 47.0. The van der Waals surface area contributed by atoms with Crippen LogP contribution in [0.2, 0.25) is 0 Å². The molecular formula is C44H82. The van der Waals surface area contributed by atoms with Gasteiger partial charge in [-0.05, 0) is 32.8 Å². The molecule has 0 atom stereocenters. The Hall–Kier alpha value is -2.34. The van der Waals surface area contributed by atoms with Gasteiger partial charge in [-0.3, -0.25) is 0 Å². The average molecular weight is 611 g/mol. The minimum absolute atomic E-state index is 0.500. The average Bonchev–Trinajstić information content (AvgIpc) is 2.91. The second-order valence-corrected chi connectivity index (χ2v) is 15.9. The highest BCUT2D eigenvalue weighted by Gasteiger charge is 1.97. The van der Waals surface area contributed by atoms with Crippen LogP contribution in [0.5, 0.6) is 0 Å². The van der Waals surface area contributed by atoms with Gasteiger partial charge in [-0.25, -0.2) is 0 Å². The van der Waals surface area contributed by atoms with E-state index in [0.717, 1.165) is 0 Å². The lowest BCUT2D eigenvalue weighted by atomic mass is 10.0. The molecule has 0 nitrogen and oxygen atoms in total. The molecule has 0 saturated carbocycles. The smallest absolute Gasteiger partial charge is 0.0184 e. The van der Waals surface area contributed by atoms with E-state index in [1.807, 2.05) is 90.1 Å². The molecule has 0 aliphatic carbocycles. The summed E-state index contributed by atoms with van der Waals surface area (Å²) >= 11 is 0. The normalized spacial score (nSPS) is 9.59. The minimum Gasteiger partial charge on any atom is -0.0683 e. The van der Waals surface area contributed by atoms with Crippen molar-refractivity contribution in [2.75, 3.05) is 0 Å². The third-order valence-corrected chi connectivity index (χ3v) is 2.55. The Morgan fingerprint density at radius 2 is 0.318 bits per heavy atom. The largest absolute Gasteiger partial charge is 0.0683 e. The van der Waals surface area contributed by atoms with E-state index in [-0.39, 0.29) is 0 Å². The van der Waals surface area contributed by atoms with Crippen LogP contribution in [0, 0.1) is 21.7 Å². The first-order valence-corrected chi connectivity index (χ1v) is 17.1. The quantitative estimate of drug-likeness (QED) is 0.257. The van der Waals surface area contributed by atoms with Gasteiger partial charge in [0.15, 0.2) is 0 Å². The van der Waals surface area contributed by atoms with Gasteiger partial charge in [0.05, 0.1) is 0 Å². The zero-order valence-electron chi connectivity index (χ0n) is 34.2. The lowest BCUT2D eigenvalue weighted by Gasteiger charge is -2.05. The van der Waals surface area contributed by atoms with Gasteiger partial charge in [-0.1, -0.05) is 249 Å². The Kier molecular flexibility index (Phi) is 41.3. The van der Waals surface area contributed by atoms with Crippen molar-refractivity contribution < 1.29 is 0 Å². The maximum absolute atomic E-state index is 2.19. The SMILES string of the molecule is CC.CC.CC.CC(C)(C)C.CC(C)(C)C.CC(C)(C)C.CC(C)(C)C.c1ccc(-c2ccccc2)cc1.c1ccccc1. The molecule has 258 valence electrons. The molecule has 0 fully saturated rings. The molecule has 0 aliphatic rings. The van der Waals surface area contributed by atoms with E-state index in [9.17, 15) is 0 Å². The highest BCUT2D eigenvalue weighted by molar-refractivity contribution is 5.62. The van der Waals surface area contributed by atoms with Crippen LogP contribution in [0.15, 0.2) is 97.1 Å². The van der Waals surface area contributed by atoms with E-state index in [1.165, 1.54) is 11.1 Å². The highest BCUT2D eigenvalue weighted by atomic mass is 14.0. The van der Waals surface area contributed by atoms with Gasteiger partial charge in [-0.15, -0.1) is 0 Å². The zero-order chi connectivity index (χ0) is 36.5. The van der Waals surface area contributed by atoms with Crippen LogP contribution in [0.1, 0.15) is 152 Å². The molecule has 0 aliphatic heterocycles. The van der Waals surface area contributed by atoms with Gasteiger partial charge >= 0.3 is 0 Å². The summed E-state index contributed by atoms with van der Waals surface area (Å²) in [5, 5.41) is 0. The molecule has 0 aromatic heterocycles. The summed E-state index contributed by atoms with van der Waals surface area (Å²) in [7, 11) is 0. The first-order valence-electron chi connectivity index (χ1n) is 17.1. The van der Waals surface area contributed by atoms with Crippen molar-refractivity contribution in [1.29, 1.82) is 0 Å². The maximum atomic E-state index is 2.19. The lowest BCUT2D eigenvalue weighted by molar-refractivity contribution is 0.469. The molecule has 0 heteroatoms. The molecule has 0 heterocycles. The van der Waals surface area contributed by atoms with Gasteiger partial charge in [0.25, 0.3) is 0 Å². The highest BCUT2D eigenvalue weighted by Crippen LogP contribution is 2.17. The number of hydrogen-bond donors (Lipinski definition) is 0. The molecule has 0 radical (unpaired) electrons. The Bertz CT molecular complexity index is 711. The van der Waals surface area contributed by atoms with Crippen LogP contribution in [-0.4, -0.2) is 0 Å². The van der Waals surface area contributed by atoms with E-state index >= 15 is 0 Å². The molecule has 0 bridgehead atoms. The van der Waals surface area contributed by atoms with E-state index < -0.39 is 0 Å². The van der Waals surface area contributed by atoms with Crippen molar-refractivity contribution in [2.45, 2.75) is 152 Å². The van der Waals surface area contributed by atoms with Crippen LogP contribution in [0.25, 0.3) is 11.1 Å². The molecule has 0 saturated heterocycles. The predicted octanol–water partition coefficient (Wildman–Crippen LogP) is 16.3. The second-order valence-electron chi connectivity index (χ2n) is 15.9. The third-order valence-electron chi connectivity index (χ3n) is 2.55. The van der Waals surface area contributed by atoms with Crippen molar-refractivity contribution in [3.05, 3.63) is 97.1 Å². The minimum atomic E-state index is 0.500. The number of benzene rings is 3. The molecule has 0 N–H and O–H groups in total. The van der Waals surface area contributed by atoms with Crippen molar-refractivity contribution in [1.82, 2.24) is 0 Å². The van der Waals surface area contributed by atoms with Crippen molar-refractivity contribution in [3.63, 3.8) is 0 Å². The predicted molar refractivity (Wildman–Crippen MR) is 213 cm³/mol. The fourth-order valence-corrected chi connectivity index (χ4v) is 1.65. The summed E-state index contributed by atoms with van der Waals surface area (Å²) in [5.74, 6) is 0.